The number of halogens is 1. The van der Waals surface area contributed by atoms with Gasteiger partial charge in [0.2, 0.25) is 0 Å². The minimum absolute atomic E-state index is 0.0202. The number of nitrogen functional groups attached to an aromatic ring is 2. The van der Waals surface area contributed by atoms with E-state index in [1.54, 1.807) is 0 Å². The van der Waals surface area contributed by atoms with Crippen LogP contribution in [0.3, 0.4) is 0 Å². The molecule has 19 heavy (non-hydrogen) atoms. The Hall–Kier alpha value is -2.09. The maximum atomic E-state index is 12.0. The SMILES string of the molecule is CC1(C)CN=C(NC(=O)c2nc(Cl)c(N)nc2N)N1. The zero-order valence-corrected chi connectivity index (χ0v) is 11.2. The van der Waals surface area contributed by atoms with Crippen molar-refractivity contribution in [3.63, 3.8) is 0 Å². The Morgan fingerprint density at radius 1 is 1.37 bits per heavy atom. The molecule has 1 aromatic rings. The molecule has 0 aromatic carbocycles. The topological polar surface area (TPSA) is 131 Å². The zero-order valence-electron chi connectivity index (χ0n) is 10.5. The second kappa shape index (κ2) is 4.54. The molecule has 0 aliphatic carbocycles. The number of nitrogens with zero attached hydrogens (tertiary/aromatic N) is 3. The summed E-state index contributed by atoms with van der Waals surface area (Å²) in [5.74, 6) is -0.287. The maximum Gasteiger partial charge on any atom is 0.280 e. The molecular weight excluding hydrogens is 270 g/mol. The smallest absolute Gasteiger partial charge is 0.280 e. The number of carbonyl (C=O) groups excluding carboxylic acids is 1. The highest BCUT2D eigenvalue weighted by Crippen LogP contribution is 2.17. The van der Waals surface area contributed by atoms with E-state index >= 15 is 0 Å². The van der Waals surface area contributed by atoms with Gasteiger partial charge in [0, 0.05) is 0 Å². The first-order valence-corrected chi connectivity index (χ1v) is 5.89. The van der Waals surface area contributed by atoms with Gasteiger partial charge in [-0.3, -0.25) is 15.1 Å². The van der Waals surface area contributed by atoms with E-state index in [1.807, 2.05) is 13.8 Å². The Bertz CT molecular complexity index is 569. The van der Waals surface area contributed by atoms with Crippen LogP contribution < -0.4 is 22.1 Å². The van der Waals surface area contributed by atoms with Gasteiger partial charge < -0.3 is 16.8 Å². The molecule has 0 saturated carbocycles. The number of hydrogen-bond donors (Lipinski definition) is 4. The number of nitrogens with two attached hydrogens (primary N) is 2. The molecule has 0 atom stereocenters. The number of hydrogen-bond acceptors (Lipinski definition) is 7. The van der Waals surface area contributed by atoms with Gasteiger partial charge >= 0.3 is 0 Å². The first-order valence-electron chi connectivity index (χ1n) is 5.51. The van der Waals surface area contributed by atoms with Crippen LogP contribution >= 0.6 is 11.6 Å². The van der Waals surface area contributed by atoms with Gasteiger partial charge in [0.25, 0.3) is 5.91 Å². The van der Waals surface area contributed by atoms with Gasteiger partial charge in [-0.15, -0.1) is 0 Å². The van der Waals surface area contributed by atoms with Crippen LogP contribution in [0.4, 0.5) is 11.6 Å². The van der Waals surface area contributed by atoms with Crippen LogP contribution in [-0.4, -0.2) is 33.9 Å². The van der Waals surface area contributed by atoms with Gasteiger partial charge in [-0.05, 0) is 13.8 Å². The van der Waals surface area contributed by atoms with Crippen molar-refractivity contribution in [1.29, 1.82) is 0 Å². The summed E-state index contributed by atoms with van der Waals surface area (Å²) < 4.78 is 0. The van der Waals surface area contributed by atoms with Gasteiger partial charge in [-0.1, -0.05) is 11.6 Å². The van der Waals surface area contributed by atoms with Crippen LogP contribution in [0, 0.1) is 0 Å². The largest absolute Gasteiger partial charge is 0.382 e. The van der Waals surface area contributed by atoms with Crippen molar-refractivity contribution in [2.24, 2.45) is 4.99 Å². The third-order valence-electron chi connectivity index (χ3n) is 2.44. The fourth-order valence-electron chi connectivity index (χ4n) is 1.52. The molecule has 6 N–H and O–H groups in total. The van der Waals surface area contributed by atoms with Gasteiger partial charge in [-0.25, -0.2) is 9.97 Å². The van der Waals surface area contributed by atoms with E-state index in [9.17, 15) is 4.79 Å². The van der Waals surface area contributed by atoms with Gasteiger partial charge in [0.15, 0.2) is 28.4 Å². The second-order valence-electron chi connectivity index (χ2n) is 4.76. The minimum atomic E-state index is -0.546. The van der Waals surface area contributed by atoms with E-state index in [-0.39, 0.29) is 28.0 Å². The molecule has 0 fully saturated rings. The average molecular weight is 284 g/mol. The Kier molecular flexibility index (Phi) is 3.19. The van der Waals surface area contributed by atoms with Crippen LogP contribution in [0.2, 0.25) is 5.15 Å². The van der Waals surface area contributed by atoms with Gasteiger partial charge in [0.1, 0.15) is 0 Å². The summed E-state index contributed by atoms with van der Waals surface area (Å²) in [4.78, 5) is 23.7. The van der Waals surface area contributed by atoms with E-state index in [0.29, 0.717) is 12.5 Å². The minimum Gasteiger partial charge on any atom is -0.382 e. The van der Waals surface area contributed by atoms with Gasteiger partial charge in [-0.2, -0.15) is 0 Å². The van der Waals surface area contributed by atoms with Crippen LogP contribution in [0.25, 0.3) is 0 Å². The highest BCUT2D eigenvalue weighted by atomic mass is 35.5. The van der Waals surface area contributed by atoms with Crippen LogP contribution in [-0.2, 0) is 0 Å². The lowest BCUT2D eigenvalue weighted by atomic mass is 10.1. The molecule has 0 spiro atoms. The number of amides is 1. The monoisotopic (exact) mass is 283 g/mol. The molecule has 0 radical (unpaired) electrons. The fraction of sp³-hybridized carbons (Fsp3) is 0.400. The molecule has 1 aromatic heterocycles. The van der Waals surface area contributed by atoms with E-state index in [2.05, 4.69) is 25.6 Å². The summed E-state index contributed by atoms with van der Waals surface area (Å²) in [6.45, 7) is 4.49. The summed E-state index contributed by atoms with van der Waals surface area (Å²) in [6.07, 6.45) is 0. The molecule has 8 nitrogen and oxygen atoms in total. The summed E-state index contributed by atoms with van der Waals surface area (Å²) in [6, 6.07) is 0. The average Bonchev–Trinajstić information content (AvgIpc) is 2.63. The summed E-state index contributed by atoms with van der Waals surface area (Å²) in [5.41, 5.74) is 10.7. The predicted octanol–water partition coefficient (Wildman–Crippen LogP) is -0.238. The van der Waals surface area contributed by atoms with E-state index in [0.717, 1.165) is 0 Å². The number of anilines is 2. The lowest BCUT2D eigenvalue weighted by Gasteiger charge is -2.18. The Morgan fingerprint density at radius 3 is 2.63 bits per heavy atom. The summed E-state index contributed by atoms with van der Waals surface area (Å²) >= 11 is 5.71. The van der Waals surface area contributed by atoms with Crippen molar-refractivity contribution in [3.8, 4) is 0 Å². The van der Waals surface area contributed by atoms with Crippen molar-refractivity contribution in [3.05, 3.63) is 10.8 Å². The standard InChI is InChI=1S/C10H14ClN7O/c1-10(2)3-14-9(18-10)17-8(19)4-6(12)16-7(13)5(11)15-4/h3H2,1-2H3,(H4,12,13,16)(H2,14,17,18,19). The van der Waals surface area contributed by atoms with E-state index in [1.165, 1.54) is 0 Å². The molecule has 1 aliphatic heterocycles. The molecule has 9 heteroatoms. The first-order chi connectivity index (χ1) is 8.78. The highest BCUT2D eigenvalue weighted by Gasteiger charge is 2.27. The van der Waals surface area contributed by atoms with Crippen molar-refractivity contribution in [2.75, 3.05) is 18.0 Å². The molecule has 1 amide bonds. The molecular formula is C10H14ClN7O. The third-order valence-corrected chi connectivity index (χ3v) is 2.72. The number of nitrogens with one attached hydrogen (secondary N) is 2. The molecule has 1 aliphatic rings. The van der Waals surface area contributed by atoms with E-state index < -0.39 is 5.91 Å². The van der Waals surface area contributed by atoms with Crippen LogP contribution in [0.5, 0.6) is 0 Å². The van der Waals surface area contributed by atoms with E-state index in [4.69, 9.17) is 23.1 Å². The third kappa shape index (κ3) is 2.84. The second-order valence-corrected chi connectivity index (χ2v) is 5.12. The number of rotatable bonds is 1. The maximum absolute atomic E-state index is 12.0. The van der Waals surface area contributed by atoms with Crippen molar-refractivity contribution in [1.82, 2.24) is 20.6 Å². The molecule has 102 valence electrons. The Morgan fingerprint density at radius 2 is 2.05 bits per heavy atom. The summed E-state index contributed by atoms with van der Waals surface area (Å²) in [7, 11) is 0. The highest BCUT2D eigenvalue weighted by molar-refractivity contribution is 6.31. The number of aromatic nitrogens is 2. The molecule has 2 heterocycles. The molecule has 2 rings (SSSR count). The van der Waals surface area contributed by atoms with Crippen molar-refractivity contribution < 1.29 is 4.79 Å². The summed E-state index contributed by atoms with van der Waals surface area (Å²) in [5, 5.41) is 5.54. The quantitative estimate of drug-likeness (QED) is 0.562. The lowest BCUT2D eigenvalue weighted by molar-refractivity contribution is 0.0972. The van der Waals surface area contributed by atoms with Crippen molar-refractivity contribution >= 4 is 35.1 Å². The Labute approximate surface area is 114 Å². The number of carbonyl (C=O) groups is 1. The number of guanidine groups is 1. The van der Waals surface area contributed by atoms with Crippen molar-refractivity contribution in [2.45, 2.75) is 19.4 Å². The fourth-order valence-corrected chi connectivity index (χ4v) is 1.65. The lowest BCUT2D eigenvalue weighted by Crippen LogP contribution is -2.47. The Balaban J connectivity index is 2.15. The molecule has 0 unspecified atom stereocenters. The predicted molar refractivity (Wildman–Crippen MR) is 72.8 cm³/mol. The zero-order chi connectivity index (χ0) is 14.2. The van der Waals surface area contributed by atoms with Crippen LogP contribution in [0.1, 0.15) is 24.3 Å². The van der Waals surface area contributed by atoms with Crippen LogP contribution in [0.15, 0.2) is 4.99 Å². The molecule has 0 saturated heterocycles. The molecule has 0 bridgehead atoms. The first kappa shape index (κ1) is 13.3. The number of aliphatic imine (C=N–C) groups is 1. The van der Waals surface area contributed by atoms with Gasteiger partial charge in [0.05, 0.1) is 12.1 Å². The normalized spacial score (nSPS) is 16.7.